The highest BCUT2D eigenvalue weighted by atomic mass is 16.7. The second-order valence-corrected chi connectivity index (χ2v) is 10.6. The summed E-state index contributed by atoms with van der Waals surface area (Å²) in [6.45, 7) is 16.0. The van der Waals surface area contributed by atoms with Crippen molar-refractivity contribution < 1.29 is 24.0 Å². The predicted octanol–water partition coefficient (Wildman–Crippen LogP) is 2.33. The summed E-state index contributed by atoms with van der Waals surface area (Å²) in [4.78, 5) is 27.4. The van der Waals surface area contributed by atoms with Gasteiger partial charge in [-0.1, -0.05) is 29.7 Å². The number of carbonyl (C=O) groups is 2. The zero-order valence-electron chi connectivity index (χ0n) is 22.2. The molecule has 1 N–H and O–H groups in total. The van der Waals surface area contributed by atoms with E-state index < -0.39 is 13.1 Å². The molecule has 1 amide bonds. The van der Waals surface area contributed by atoms with Gasteiger partial charge in [-0.25, -0.2) is 4.79 Å². The molecule has 2 saturated heterocycles. The molecule has 0 unspecified atom stereocenters. The van der Waals surface area contributed by atoms with Crippen molar-refractivity contribution in [2.75, 3.05) is 26.2 Å². The van der Waals surface area contributed by atoms with Crippen LogP contribution in [-0.2, 0) is 9.31 Å². The molecule has 0 bridgehead atoms. The fraction of sp³-hybridized carbons (Fsp3) is 0.481. The summed E-state index contributed by atoms with van der Waals surface area (Å²) in [6.07, 6.45) is 0. The maximum Gasteiger partial charge on any atom is 0.494 e. The highest BCUT2D eigenvalue weighted by Gasteiger charge is 2.51. The van der Waals surface area contributed by atoms with Gasteiger partial charge in [0, 0.05) is 37.8 Å². The third kappa shape index (κ3) is 6.58. The van der Waals surface area contributed by atoms with Crippen molar-refractivity contribution in [3.63, 3.8) is 0 Å². The Morgan fingerprint density at radius 3 is 1.78 bits per heavy atom. The first-order valence-corrected chi connectivity index (χ1v) is 12.4. The average Bonchev–Trinajstić information content (AvgIpc) is 3.06. The molecule has 2 heterocycles. The summed E-state index contributed by atoms with van der Waals surface area (Å²) in [5, 5.41) is 8.43. The fourth-order valence-corrected chi connectivity index (χ4v) is 4.01. The summed E-state index contributed by atoms with van der Waals surface area (Å²) in [5.41, 5.74) is 1.79. The van der Waals surface area contributed by atoms with E-state index in [1.54, 1.807) is 12.1 Å². The van der Waals surface area contributed by atoms with Gasteiger partial charge in [-0.3, -0.25) is 9.69 Å². The molecule has 0 spiro atoms. The van der Waals surface area contributed by atoms with Gasteiger partial charge in [0.05, 0.1) is 16.8 Å². The van der Waals surface area contributed by atoms with E-state index in [0.29, 0.717) is 11.5 Å². The van der Waals surface area contributed by atoms with Crippen LogP contribution in [0.4, 0.5) is 0 Å². The van der Waals surface area contributed by atoms with Gasteiger partial charge in [-0.2, -0.15) is 0 Å². The molecule has 2 aliphatic rings. The van der Waals surface area contributed by atoms with Crippen LogP contribution in [0.25, 0.3) is 0 Å². The van der Waals surface area contributed by atoms with E-state index in [0.717, 1.165) is 37.2 Å². The van der Waals surface area contributed by atoms with Gasteiger partial charge in [0.15, 0.2) is 0 Å². The van der Waals surface area contributed by atoms with E-state index in [1.807, 2.05) is 56.9 Å². The molecule has 0 aliphatic carbocycles. The monoisotopic (exact) mass is 490 g/mol. The van der Waals surface area contributed by atoms with E-state index in [2.05, 4.69) is 18.7 Å². The molecular weight excluding hydrogens is 454 g/mol. The molecule has 0 saturated carbocycles. The Morgan fingerprint density at radius 2 is 1.33 bits per heavy atom. The minimum atomic E-state index is -0.931. The summed E-state index contributed by atoms with van der Waals surface area (Å²) >= 11 is 0. The van der Waals surface area contributed by atoms with Crippen LogP contribution in [0.2, 0.25) is 0 Å². The first-order valence-electron chi connectivity index (χ1n) is 12.4. The minimum Gasteiger partial charge on any atom is -0.478 e. The van der Waals surface area contributed by atoms with Crippen molar-refractivity contribution in [2.45, 2.75) is 58.8 Å². The molecule has 9 heteroatoms. The number of rotatable bonds is 4. The second-order valence-electron chi connectivity index (χ2n) is 10.6. The van der Waals surface area contributed by atoms with Crippen molar-refractivity contribution >= 4 is 37.8 Å². The van der Waals surface area contributed by atoms with Crippen LogP contribution in [0.5, 0.6) is 0 Å². The normalized spacial score (nSPS) is 19.1. The number of nitrogens with zero attached hydrogens (tertiary/aromatic N) is 2. The molecule has 2 aliphatic heterocycles. The molecule has 36 heavy (non-hydrogen) atoms. The number of carboxylic acids is 1. The van der Waals surface area contributed by atoms with Crippen molar-refractivity contribution in [2.24, 2.45) is 0 Å². The zero-order chi connectivity index (χ0) is 26.7. The molecule has 2 fully saturated rings. The number of piperazine rings is 1. The number of carboxylic acid groups (broad SMARTS) is 1. The van der Waals surface area contributed by atoms with Crippen LogP contribution >= 0.6 is 0 Å². The van der Waals surface area contributed by atoms with Crippen molar-refractivity contribution in [3.05, 3.63) is 59.7 Å². The van der Waals surface area contributed by atoms with Crippen molar-refractivity contribution in [1.29, 1.82) is 0 Å². The Kier molecular flexibility index (Phi) is 8.70. The Labute approximate surface area is 216 Å². The lowest BCUT2D eigenvalue weighted by Gasteiger charge is -2.37. The number of aromatic carboxylic acids is 1. The molecular formula is C27H36B2N2O5. The van der Waals surface area contributed by atoms with Crippen LogP contribution in [0.15, 0.2) is 48.5 Å². The number of amides is 1. The number of hydrogen-bond donors (Lipinski definition) is 1. The number of hydrogen-bond acceptors (Lipinski definition) is 5. The molecule has 2 radical (unpaired) electrons. The molecule has 0 atom stereocenters. The van der Waals surface area contributed by atoms with Gasteiger partial charge in [-0.15, -0.1) is 0 Å². The predicted molar refractivity (Wildman–Crippen MR) is 144 cm³/mol. The summed E-state index contributed by atoms with van der Waals surface area (Å²) < 4.78 is 12.2. The van der Waals surface area contributed by atoms with Gasteiger partial charge in [-0.05, 0) is 71.3 Å². The Bertz CT molecular complexity index is 1030. The highest BCUT2D eigenvalue weighted by Crippen LogP contribution is 2.36. The van der Waals surface area contributed by atoms with Crippen LogP contribution in [0.1, 0.15) is 62.3 Å². The van der Waals surface area contributed by atoms with E-state index >= 15 is 0 Å². The highest BCUT2D eigenvalue weighted by molar-refractivity contribution is 6.62. The van der Waals surface area contributed by atoms with Crippen LogP contribution in [0.3, 0.4) is 0 Å². The van der Waals surface area contributed by atoms with Crippen molar-refractivity contribution in [3.8, 4) is 0 Å². The molecule has 2 aromatic rings. The van der Waals surface area contributed by atoms with E-state index in [4.69, 9.17) is 22.3 Å². The maximum atomic E-state index is 12.8. The Balaban J connectivity index is 0.000000303. The van der Waals surface area contributed by atoms with Gasteiger partial charge in [0.1, 0.15) is 7.85 Å². The summed E-state index contributed by atoms with van der Waals surface area (Å²) in [7, 11) is 4.94. The largest absolute Gasteiger partial charge is 0.494 e. The van der Waals surface area contributed by atoms with Crippen LogP contribution in [-0.4, -0.2) is 85.2 Å². The average molecular weight is 490 g/mol. The van der Waals surface area contributed by atoms with Crippen LogP contribution < -0.4 is 10.9 Å². The third-order valence-corrected chi connectivity index (χ3v) is 7.17. The second kappa shape index (κ2) is 11.2. The first kappa shape index (κ1) is 28.0. The molecule has 4 rings (SSSR count). The first-order chi connectivity index (χ1) is 16.8. The topological polar surface area (TPSA) is 79.3 Å². The minimum absolute atomic E-state index is 0.105. The molecule has 2 aromatic carbocycles. The maximum absolute atomic E-state index is 12.8. The molecule has 0 aromatic heterocycles. The van der Waals surface area contributed by atoms with Gasteiger partial charge < -0.3 is 19.3 Å². The zero-order valence-corrected chi connectivity index (χ0v) is 22.2. The lowest BCUT2D eigenvalue weighted by molar-refractivity contribution is 0.00578. The third-order valence-electron chi connectivity index (χ3n) is 7.17. The number of carbonyl (C=O) groups excluding carboxylic acids is 1. The summed E-state index contributed by atoms with van der Waals surface area (Å²) in [5.74, 6) is -0.825. The lowest BCUT2D eigenvalue weighted by atomic mass is 9.79. The molecule has 7 nitrogen and oxygen atoms in total. The molecule has 190 valence electrons. The lowest BCUT2D eigenvalue weighted by Crippen LogP contribution is -2.50. The Hall–Kier alpha value is -2.61. The fourth-order valence-electron chi connectivity index (χ4n) is 4.01. The van der Waals surface area contributed by atoms with Crippen molar-refractivity contribution in [1.82, 2.24) is 9.80 Å². The van der Waals surface area contributed by atoms with Gasteiger partial charge >= 0.3 is 13.1 Å². The summed E-state index contributed by atoms with van der Waals surface area (Å²) in [6, 6.07) is 14.3. The van der Waals surface area contributed by atoms with E-state index in [9.17, 15) is 9.59 Å². The van der Waals surface area contributed by atoms with Gasteiger partial charge in [0.2, 0.25) is 0 Å². The standard InChI is InChI=1S/C20H31BN2O3.C7H5BO2/c1-15(2)22-11-13-23(14-12-22)18(24)16-7-9-17(10-8-16)21-25-19(3,4)20(5,6)26-21;8-6-3-1-5(2-4-6)7(9)10/h7-10,15H,11-14H2,1-6H3;1-4H,(H,9,10). The van der Waals surface area contributed by atoms with Gasteiger partial charge in [0.25, 0.3) is 5.91 Å². The SMILES string of the molecule is CC(C)N1CCN(C(=O)c2ccc(B3OC(C)(C)C(C)(C)O3)cc2)CC1.[B]c1ccc(C(=O)O)cc1. The van der Waals surface area contributed by atoms with Crippen LogP contribution in [0, 0.1) is 0 Å². The number of benzene rings is 2. The Morgan fingerprint density at radius 1 is 0.861 bits per heavy atom. The van der Waals surface area contributed by atoms with E-state index in [-0.39, 0.29) is 22.7 Å². The quantitative estimate of drug-likeness (QED) is 0.664. The van der Waals surface area contributed by atoms with E-state index in [1.165, 1.54) is 12.1 Å². The smallest absolute Gasteiger partial charge is 0.478 e.